The highest BCUT2D eigenvalue weighted by molar-refractivity contribution is 6.31. The van der Waals surface area contributed by atoms with Crippen LogP contribution in [0, 0.1) is 0 Å². The number of hydrogen-bond acceptors (Lipinski definition) is 4. The Morgan fingerprint density at radius 1 is 1.13 bits per heavy atom. The van der Waals surface area contributed by atoms with Crippen LogP contribution in [-0.4, -0.2) is 30.7 Å². The minimum absolute atomic E-state index is 0.0489. The Balaban J connectivity index is 1.99. The molecule has 2 aromatic rings. The number of carboxylic acids is 1. The first kappa shape index (κ1) is 16.6. The van der Waals surface area contributed by atoms with Crippen LogP contribution in [0.3, 0.4) is 0 Å². The molecule has 0 aliphatic heterocycles. The molecule has 0 unspecified atom stereocenters. The van der Waals surface area contributed by atoms with E-state index >= 15 is 0 Å². The van der Waals surface area contributed by atoms with E-state index in [1.807, 2.05) is 0 Å². The Hall–Kier alpha value is -2.73. The van der Waals surface area contributed by atoms with E-state index in [1.54, 1.807) is 31.4 Å². The average molecular weight is 336 g/mol. The first-order valence-electron chi connectivity index (χ1n) is 6.59. The number of ether oxygens (including phenoxy) is 2. The van der Waals surface area contributed by atoms with Gasteiger partial charge in [-0.1, -0.05) is 11.6 Å². The summed E-state index contributed by atoms with van der Waals surface area (Å²) in [6, 6.07) is 10.9. The van der Waals surface area contributed by atoms with Crippen LogP contribution in [0.2, 0.25) is 5.02 Å². The number of rotatable bonds is 6. The molecule has 0 aromatic heterocycles. The van der Waals surface area contributed by atoms with Crippen molar-refractivity contribution in [3.8, 4) is 11.5 Å². The third-order valence-corrected chi connectivity index (χ3v) is 3.15. The van der Waals surface area contributed by atoms with Gasteiger partial charge in [0.1, 0.15) is 11.5 Å². The predicted octanol–water partition coefficient (Wildman–Crippen LogP) is 3.06. The van der Waals surface area contributed by atoms with E-state index < -0.39 is 11.9 Å². The number of anilines is 1. The van der Waals surface area contributed by atoms with E-state index in [0.29, 0.717) is 16.5 Å². The van der Waals surface area contributed by atoms with Gasteiger partial charge in [0, 0.05) is 5.02 Å². The molecular formula is C16H14ClNO5. The number of benzene rings is 2. The van der Waals surface area contributed by atoms with Crippen LogP contribution in [0.4, 0.5) is 5.69 Å². The van der Waals surface area contributed by atoms with Crippen LogP contribution in [0.5, 0.6) is 11.5 Å². The lowest BCUT2D eigenvalue weighted by atomic mass is 10.2. The van der Waals surface area contributed by atoms with Crippen molar-refractivity contribution in [3.63, 3.8) is 0 Å². The highest BCUT2D eigenvalue weighted by atomic mass is 35.5. The summed E-state index contributed by atoms with van der Waals surface area (Å²) in [4.78, 5) is 23.0. The number of carboxylic acid groups (broad SMARTS) is 1. The number of nitrogens with one attached hydrogen (secondary N) is 1. The number of aromatic carboxylic acids is 1. The number of carbonyl (C=O) groups is 2. The molecule has 0 bridgehead atoms. The monoisotopic (exact) mass is 335 g/mol. The van der Waals surface area contributed by atoms with Crippen molar-refractivity contribution in [1.29, 1.82) is 0 Å². The van der Waals surface area contributed by atoms with E-state index in [2.05, 4.69) is 5.32 Å². The van der Waals surface area contributed by atoms with E-state index in [4.69, 9.17) is 26.2 Å². The molecular weight excluding hydrogens is 322 g/mol. The van der Waals surface area contributed by atoms with Gasteiger partial charge in [0.15, 0.2) is 6.61 Å². The van der Waals surface area contributed by atoms with Gasteiger partial charge in [-0.2, -0.15) is 0 Å². The summed E-state index contributed by atoms with van der Waals surface area (Å²) in [5.41, 5.74) is 0.0699. The Labute approximate surface area is 137 Å². The van der Waals surface area contributed by atoms with Gasteiger partial charge < -0.3 is 19.9 Å². The van der Waals surface area contributed by atoms with Crippen molar-refractivity contribution in [1.82, 2.24) is 0 Å². The second-order valence-corrected chi connectivity index (χ2v) is 4.94. The van der Waals surface area contributed by atoms with Gasteiger partial charge in [-0.3, -0.25) is 4.79 Å². The quantitative estimate of drug-likeness (QED) is 0.847. The van der Waals surface area contributed by atoms with Crippen molar-refractivity contribution in [2.24, 2.45) is 0 Å². The third-order valence-electron chi connectivity index (χ3n) is 2.92. The largest absolute Gasteiger partial charge is 0.497 e. The molecule has 0 aliphatic rings. The fraction of sp³-hybridized carbons (Fsp3) is 0.125. The van der Waals surface area contributed by atoms with Crippen LogP contribution in [0.15, 0.2) is 42.5 Å². The third kappa shape index (κ3) is 4.62. The van der Waals surface area contributed by atoms with Crippen molar-refractivity contribution in [2.75, 3.05) is 19.0 Å². The highest BCUT2D eigenvalue weighted by Gasteiger charge is 2.13. The Bertz CT molecular complexity index is 715. The Morgan fingerprint density at radius 2 is 1.78 bits per heavy atom. The molecule has 120 valence electrons. The summed E-state index contributed by atoms with van der Waals surface area (Å²) in [5.74, 6) is -0.490. The summed E-state index contributed by atoms with van der Waals surface area (Å²) in [6.07, 6.45) is 0. The van der Waals surface area contributed by atoms with Gasteiger partial charge in [0.05, 0.1) is 18.4 Å². The Morgan fingerprint density at radius 3 is 2.39 bits per heavy atom. The second-order valence-electron chi connectivity index (χ2n) is 4.51. The topological polar surface area (TPSA) is 84.9 Å². The SMILES string of the molecule is COc1ccc(OCC(=O)Nc2cc(Cl)ccc2C(=O)O)cc1. The van der Waals surface area contributed by atoms with Crippen LogP contribution in [0.25, 0.3) is 0 Å². The summed E-state index contributed by atoms with van der Waals surface area (Å²) >= 11 is 5.82. The smallest absolute Gasteiger partial charge is 0.337 e. The first-order valence-corrected chi connectivity index (χ1v) is 6.97. The van der Waals surface area contributed by atoms with Crippen LogP contribution >= 0.6 is 11.6 Å². The molecule has 1 amide bonds. The van der Waals surface area contributed by atoms with Gasteiger partial charge in [-0.15, -0.1) is 0 Å². The number of methoxy groups -OCH3 is 1. The normalized spacial score (nSPS) is 10.0. The van der Waals surface area contributed by atoms with Crippen molar-refractivity contribution in [2.45, 2.75) is 0 Å². The van der Waals surface area contributed by atoms with Crippen LogP contribution in [-0.2, 0) is 4.79 Å². The maximum absolute atomic E-state index is 11.9. The molecule has 0 atom stereocenters. The van der Waals surface area contributed by atoms with E-state index in [0.717, 1.165) is 0 Å². The lowest BCUT2D eigenvalue weighted by Crippen LogP contribution is -2.21. The zero-order chi connectivity index (χ0) is 16.8. The van der Waals surface area contributed by atoms with Crippen molar-refractivity contribution < 1.29 is 24.2 Å². The molecule has 0 spiro atoms. The zero-order valence-corrected chi connectivity index (χ0v) is 13.0. The molecule has 0 heterocycles. The van der Waals surface area contributed by atoms with Gasteiger partial charge in [0.25, 0.3) is 5.91 Å². The number of hydrogen-bond donors (Lipinski definition) is 2. The highest BCUT2D eigenvalue weighted by Crippen LogP contribution is 2.21. The molecule has 0 radical (unpaired) electrons. The molecule has 0 saturated heterocycles. The number of amides is 1. The Kier molecular flexibility index (Phi) is 5.43. The molecule has 2 aromatic carbocycles. The molecule has 6 nitrogen and oxygen atoms in total. The molecule has 23 heavy (non-hydrogen) atoms. The first-order chi connectivity index (χ1) is 11.0. The number of halogens is 1. The van der Waals surface area contributed by atoms with Gasteiger partial charge in [0.2, 0.25) is 0 Å². The standard InChI is InChI=1S/C16H14ClNO5/c1-22-11-3-5-12(6-4-11)23-9-15(19)18-14-8-10(17)2-7-13(14)16(20)21/h2-8H,9H2,1H3,(H,18,19)(H,20,21). The molecule has 2 N–H and O–H groups in total. The van der Waals surface area contributed by atoms with Crippen LogP contribution in [0.1, 0.15) is 10.4 Å². The molecule has 0 fully saturated rings. The minimum Gasteiger partial charge on any atom is -0.497 e. The summed E-state index contributed by atoms with van der Waals surface area (Å²) in [7, 11) is 1.55. The van der Waals surface area contributed by atoms with Gasteiger partial charge in [-0.05, 0) is 42.5 Å². The van der Waals surface area contributed by atoms with E-state index in [1.165, 1.54) is 18.2 Å². The lowest BCUT2D eigenvalue weighted by molar-refractivity contribution is -0.118. The minimum atomic E-state index is -1.16. The summed E-state index contributed by atoms with van der Waals surface area (Å²) < 4.78 is 10.3. The second kappa shape index (κ2) is 7.51. The van der Waals surface area contributed by atoms with Gasteiger partial charge >= 0.3 is 5.97 Å². The fourth-order valence-corrected chi connectivity index (χ4v) is 1.99. The lowest BCUT2D eigenvalue weighted by Gasteiger charge is -2.10. The molecule has 0 aliphatic carbocycles. The molecule has 2 rings (SSSR count). The summed E-state index contributed by atoms with van der Waals surface area (Å²) in [6.45, 7) is -0.266. The molecule has 0 saturated carbocycles. The maximum Gasteiger partial charge on any atom is 0.337 e. The number of carbonyl (C=O) groups excluding carboxylic acids is 1. The van der Waals surface area contributed by atoms with Crippen molar-refractivity contribution >= 4 is 29.2 Å². The van der Waals surface area contributed by atoms with Gasteiger partial charge in [-0.25, -0.2) is 4.79 Å². The van der Waals surface area contributed by atoms with Crippen molar-refractivity contribution in [3.05, 3.63) is 53.1 Å². The van der Waals surface area contributed by atoms with Crippen LogP contribution < -0.4 is 14.8 Å². The average Bonchev–Trinajstić information content (AvgIpc) is 2.53. The van der Waals surface area contributed by atoms with E-state index in [9.17, 15) is 9.59 Å². The summed E-state index contributed by atoms with van der Waals surface area (Å²) in [5, 5.41) is 11.9. The predicted molar refractivity (Wildman–Crippen MR) is 85.5 cm³/mol. The molecule has 7 heteroatoms. The fourth-order valence-electron chi connectivity index (χ4n) is 1.81. The maximum atomic E-state index is 11.9. The van der Waals surface area contributed by atoms with E-state index in [-0.39, 0.29) is 17.9 Å². The zero-order valence-electron chi connectivity index (χ0n) is 12.2.